The lowest BCUT2D eigenvalue weighted by molar-refractivity contribution is 0.102. The van der Waals surface area contributed by atoms with E-state index in [1.165, 1.54) is 34.2 Å². The van der Waals surface area contributed by atoms with Crippen molar-refractivity contribution >= 4 is 34.0 Å². The van der Waals surface area contributed by atoms with Crippen molar-refractivity contribution < 1.29 is 4.79 Å². The first kappa shape index (κ1) is 17.4. The Balaban J connectivity index is 1.84. The molecule has 1 amide bonds. The second-order valence-electron chi connectivity index (χ2n) is 5.59. The number of nitrogens with zero attached hydrogens (tertiary/aromatic N) is 2. The maximum Gasteiger partial charge on any atom is 0.258 e. The van der Waals surface area contributed by atoms with Crippen LogP contribution in [0.2, 0.25) is 5.02 Å². The Morgan fingerprint density at radius 1 is 1.24 bits per heavy atom. The van der Waals surface area contributed by atoms with Crippen LogP contribution >= 0.6 is 22.9 Å². The van der Waals surface area contributed by atoms with E-state index in [2.05, 4.69) is 10.3 Å². The number of aryl methyl sites for hydroxylation is 2. The summed E-state index contributed by atoms with van der Waals surface area (Å²) in [4.78, 5) is 29.9. The summed E-state index contributed by atoms with van der Waals surface area (Å²) in [6.07, 6.45) is 1.54. The van der Waals surface area contributed by atoms with Crippen molar-refractivity contribution in [3.63, 3.8) is 0 Å². The zero-order valence-corrected chi connectivity index (χ0v) is 15.3. The molecule has 1 aromatic carbocycles. The third kappa shape index (κ3) is 3.97. The van der Waals surface area contributed by atoms with Crippen molar-refractivity contribution in [2.75, 3.05) is 5.32 Å². The predicted octanol–water partition coefficient (Wildman–Crippen LogP) is 3.88. The van der Waals surface area contributed by atoms with Gasteiger partial charge in [0.2, 0.25) is 0 Å². The number of pyridine rings is 1. The van der Waals surface area contributed by atoms with Crippen molar-refractivity contribution in [1.82, 2.24) is 9.55 Å². The van der Waals surface area contributed by atoms with E-state index in [0.717, 1.165) is 16.1 Å². The molecule has 0 aliphatic rings. The number of carbonyl (C=O) groups excluding carboxylic acids is 1. The highest BCUT2D eigenvalue weighted by Crippen LogP contribution is 2.21. The number of halogens is 1. The van der Waals surface area contributed by atoms with Crippen LogP contribution in [-0.4, -0.2) is 15.5 Å². The summed E-state index contributed by atoms with van der Waals surface area (Å²) in [6.45, 7) is 4.15. The lowest BCUT2D eigenvalue weighted by atomic mass is 10.2. The molecular weight excluding hydrogens is 358 g/mol. The summed E-state index contributed by atoms with van der Waals surface area (Å²) in [5.74, 6) is -0.304. The SMILES string of the molecule is Cc1nc(NC(=O)c2ccc(=O)n(Cc3ccccc3Cl)c2)sc1C. The molecule has 0 saturated carbocycles. The number of thiazole rings is 1. The molecule has 0 unspecified atom stereocenters. The molecule has 0 aliphatic carbocycles. The molecule has 1 N–H and O–H groups in total. The van der Waals surface area contributed by atoms with Crippen LogP contribution in [0.3, 0.4) is 0 Å². The molecule has 0 atom stereocenters. The number of benzene rings is 1. The summed E-state index contributed by atoms with van der Waals surface area (Å²) in [6, 6.07) is 10.2. The Hall–Kier alpha value is -2.44. The zero-order chi connectivity index (χ0) is 18.0. The molecule has 0 fully saturated rings. The first-order valence-corrected chi connectivity index (χ1v) is 8.83. The summed E-state index contributed by atoms with van der Waals surface area (Å²) in [7, 11) is 0. The highest BCUT2D eigenvalue weighted by atomic mass is 35.5. The molecule has 0 radical (unpaired) electrons. The molecule has 3 rings (SSSR count). The van der Waals surface area contributed by atoms with Crippen LogP contribution in [-0.2, 0) is 6.54 Å². The fourth-order valence-electron chi connectivity index (χ4n) is 2.29. The lowest BCUT2D eigenvalue weighted by Crippen LogP contribution is -2.22. The molecule has 0 spiro atoms. The summed E-state index contributed by atoms with van der Waals surface area (Å²) in [5.41, 5.74) is 1.90. The molecule has 0 bridgehead atoms. The molecule has 128 valence electrons. The van der Waals surface area contributed by atoms with Crippen LogP contribution in [0.1, 0.15) is 26.5 Å². The number of amides is 1. The highest BCUT2D eigenvalue weighted by Gasteiger charge is 2.12. The van der Waals surface area contributed by atoms with E-state index in [4.69, 9.17) is 11.6 Å². The van der Waals surface area contributed by atoms with Gasteiger partial charge in [-0.3, -0.25) is 14.9 Å². The Kier molecular flexibility index (Phi) is 5.01. The number of aromatic nitrogens is 2. The maximum absolute atomic E-state index is 12.4. The minimum absolute atomic E-state index is 0.197. The van der Waals surface area contributed by atoms with Gasteiger partial charge in [0.15, 0.2) is 5.13 Å². The standard InChI is InChI=1S/C18H16ClN3O2S/c1-11-12(2)25-18(20-11)21-17(24)14-7-8-16(23)22(10-14)9-13-5-3-4-6-15(13)19/h3-8,10H,9H2,1-2H3,(H,20,21,24). The van der Waals surface area contributed by atoms with Gasteiger partial charge in [-0.1, -0.05) is 29.8 Å². The van der Waals surface area contributed by atoms with Gasteiger partial charge in [0.25, 0.3) is 11.5 Å². The molecule has 0 saturated heterocycles. The van der Waals surface area contributed by atoms with Gasteiger partial charge in [0, 0.05) is 22.2 Å². The fourth-order valence-corrected chi connectivity index (χ4v) is 3.30. The first-order valence-electron chi connectivity index (χ1n) is 7.63. The molecular formula is C18H16ClN3O2S. The second-order valence-corrected chi connectivity index (χ2v) is 7.20. The van der Waals surface area contributed by atoms with Crippen molar-refractivity contribution in [2.24, 2.45) is 0 Å². The largest absolute Gasteiger partial charge is 0.310 e. The van der Waals surface area contributed by atoms with Gasteiger partial charge in [-0.05, 0) is 31.5 Å². The molecule has 3 aromatic rings. The van der Waals surface area contributed by atoms with E-state index < -0.39 is 0 Å². The number of rotatable bonds is 4. The van der Waals surface area contributed by atoms with Crippen molar-refractivity contribution in [3.8, 4) is 0 Å². The van der Waals surface area contributed by atoms with Crippen molar-refractivity contribution in [1.29, 1.82) is 0 Å². The van der Waals surface area contributed by atoms with E-state index in [1.54, 1.807) is 6.07 Å². The minimum Gasteiger partial charge on any atom is -0.310 e. The molecule has 2 heterocycles. The highest BCUT2D eigenvalue weighted by molar-refractivity contribution is 7.15. The van der Waals surface area contributed by atoms with E-state index >= 15 is 0 Å². The van der Waals surface area contributed by atoms with Crippen LogP contribution in [0.15, 0.2) is 47.4 Å². The number of carbonyl (C=O) groups is 1. The van der Waals surface area contributed by atoms with Gasteiger partial charge < -0.3 is 4.57 Å². The van der Waals surface area contributed by atoms with E-state index in [0.29, 0.717) is 22.3 Å². The summed E-state index contributed by atoms with van der Waals surface area (Å²) >= 11 is 7.57. The summed E-state index contributed by atoms with van der Waals surface area (Å²) in [5, 5.41) is 3.90. The lowest BCUT2D eigenvalue weighted by Gasteiger charge is -2.09. The van der Waals surface area contributed by atoms with Gasteiger partial charge >= 0.3 is 0 Å². The zero-order valence-electron chi connectivity index (χ0n) is 13.7. The third-order valence-corrected chi connectivity index (χ3v) is 5.15. The second kappa shape index (κ2) is 7.21. The fraction of sp³-hybridized carbons (Fsp3) is 0.167. The number of nitrogens with one attached hydrogen (secondary N) is 1. The van der Waals surface area contributed by atoms with Crippen LogP contribution in [0.4, 0.5) is 5.13 Å². The number of hydrogen-bond acceptors (Lipinski definition) is 4. The Morgan fingerprint density at radius 2 is 2.00 bits per heavy atom. The van der Waals surface area contributed by atoms with Crippen LogP contribution in [0.5, 0.6) is 0 Å². The van der Waals surface area contributed by atoms with Crippen LogP contribution in [0, 0.1) is 13.8 Å². The third-order valence-electron chi connectivity index (χ3n) is 3.79. The Morgan fingerprint density at radius 3 is 2.68 bits per heavy atom. The molecule has 25 heavy (non-hydrogen) atoms. The summed E-state index contributed by atoms with van der Waals surface area (Å²) < 4.78 is 1.47. The smallest absolute Gasteiger partial charge is 0.258 e. The molecule has 5 nitrogen and oxygen atoms in total. The van der Waals surface area contributed by atoms with Crippen LogP contribution < -0.4 is 10.9 Å². The quantitative estimate of drug-likeness (QED) is 0.754. The van der Waals surface area contributed by atoms with Crippen LogP contribution in [0.25, 0.3) is 0 Å². The van der Waals surface area contributed by atoms with Crippen molar-refractivity contribution in [2.45, 2.75) is 20.4 Å². The normalized spacial score (nSPS) is 10.7. The van der Waals surface area contributed by atoms with E-state index in [9.17, 15) is 9.59 Å². The molecule has 7 heteroatoms. The number of hydrogen-bond donors (Lipinski definition) is 1. The molecule has 2 aromatic heterocycles. The average Bonchev–Trinajstić information content (AvgIpc) is 2.89. The van der Waals surface area contributed by atoms with Gasteiger partial charge in [-0.25, -0.2) is 4.98 Å². The van der Waals surface area contributed by atoms with Gasteiger partial charge in [-0.15, -0.1) is 11.3 Å². The van der Waals surface area contributed by atoms with Crippen molar-refractivity contribution in [3.05, 3.63) is 79.7 Å². The minimum atomic E-state index is -0.304. The van der Waals surface area contributed by atoms with Gasteiger partial charge in [0.05, 0.1) is 17.8 Å². The Bertz CT molecular complexity index is 974. The number of anilines is 1. The van der Waals surface area contributed by atoms with E-state index in [-0.39, 0.29) is 11.5 Å². The Labute approximate surface area is 153 Å². The van der Waals surface area contributed by atoms with E-state index in [1.807, 2.05) is 32.0 Å². The predicted molar refractivity (Wildman–Crippen MR) is 101 cm³/mol. The molecule has 0 aliphatic heterocycles. The van der Waals surface area contributed by atoms with Gasteiger partial charge in [0.1, 0.15) is 0 Å². The van der Waals surface area contributed by atoms with Gasteiger partial charge in [-0.2, -0.15) is 0 Å². The first-order chi connectivity index (χ1) is 11.9. The average molecular weight is 374 g/mol. The maximum atomic E-state index is 12.4. The topological polar surface area (TPSA) is 64.0 Å². The monoisotopic (exact) mass is 373 g/mol.